The number of nitrogens with one attached hydrogen (secondary N) is 2. The second-order valence-electron chi connectivity index (χ2n) is 7.96. The van der Waals surface area contributed by atoms with Gasteiger partial charge in [-0.2, -0.15) is 0 Å². The largest absolute Gasteiger partial charge is 0.458 e. The molecule has 0 saturated carbocycles. The van der Waals surface area contributed by atoms with Gasteiger partial charge in [0, 0.05) is 26.4 Å². The van der Waals surface area contributed by atoms with Crippen molar-refractivity contribution in [1.82, 2.24) is 10.6 Å². The van der Waals surface area contributed by atoms with Crippen molar-refractivity contribution in [3.05, 3.63) is 12.3 Å². The molecule has 0 aromatic rings. The number of carbonyl (C=O) groups is 3. The average Bonchev–Trinajstić information content (AvgIpc) is 3.01. The number of ether oxygens (including phenoxy) is 3. The van der Waals surface area contributed by atoms with Crippen molar-refractivity contribution in [1.29, 1.82) is 0 Å². The van der Waals surface area contributed by atoms with Gasteiger partial charge in [0.2, 0.25) is 12.3 Å². The molecule has 180 valence electrons. The number of rotatable bonds is 5. The van der Waals surface area contributed by atoms with Crippen molar-refractivity contribution in [3.63, 3.8) is 0 Å². The average molecular weight is 445 g/mol. The van der Waals surface area contributed by atoms with Crippen molar-refractivity contribution in [3.8, 4) is 12.8 Å². The van der Waals surface area contributed by atoms with Crippen LogP contribution in [-0.2, 0) is 28.6 Å². The number of esters is 1. The molecule has 0 radical (unpaired) electrons. The Bertz CT molecular complexity index is 550. The third-order valence-corrected chi connectivity index (χ3v) is 3.58. The minimum absolute atomic E-state index is 0.160. The Balaban J connectivity index is -0.000000398. The van der Waals surface area contributed by atoms with Crippen molar-refractivity contribution in [2.75, 3.05) is 14.2 Å². The Morgan fingerprint density at radius 2 is 1.65 bits per heavy atom. The molecule has 2 amide bonds. The molecule has 1 aliphatic rings. The molecule has 0 bridgehead atoms. The third-order valence-electron chi connectivity index (χ3n) is 3.58. The lowest BCUT2D eigenvalue weighted by molar-refractivity contribution is -0.167. The molecule has 1 heterocycles. The first-order valence-electron chi connectivity index (χ1n) is 9.74. The van der Waals surface area contributed by atoms with Gasteiger partial charge < -0.3 is 30.0 Å². The van der Waals surface area contributed by atoms with Crippen molar-refractivity contribution >= 4 is 18.3 Å². The third kappa shape index (κ3) is 22.1. The molecule has 0 aromatic heterocycles. The first kappa shape index (κ1) is 33.2. The summed E-state index contributed by atoms with van der Waals surface area (Å²) in [6.45, 7) is 12.8. The number of likely N-dealkylation sites (N-methyl/N-ethyl adjacent to an activating group) is 1. The first-order chi connectivity index (χ1) is 14.2. The summed E-state index contributed by atoms with van der Waals surface area (Å²) in [5.74, 6) is -0.995. The molecule has 1 fully saturated rings. The summed E-state index contributed by atoms with van der Waals surface area (Å²) in [5, 5.41) is 13.1. The number of terminal acetylenes is 1. The molecule has 1 rings (SSSR count). The summed E-state index contributed by atoms with van der Waals surface area (Å²) in [5.41, 5.74) is -0.421. The molecule has 9 heteroatoms. The van der Waals surface area contributed by atoms with E-state index < -0.39 is 11.4 Å². The highest BCUT2D eigenvalue weighted by atomic mass is 16.6. The van der Waals surface area contributed by atoms with Gasteiger partial charge in [0.25, 0.3) is 0 Å². The van der Waals surface area contributed by atoms with Gasteiger partial charge in [0.15, 0.2) is 11.9 Å². The van der Waals surface area contributed by atoms with E-state index in [0.29, 0.717) is 12.3 Å². The monoisotopic (exact) mass is 444 g/mol. The molecule has 0 aliphatic carbocycles. The van der Waals surface area contributed by atoms with Crippen LogP contribution in [0.1, 0.15) is 54.9 Å². The lowest BCUT2D eigenvalue weighted by atomic mass is 10.0. The SMILES string of the molecule is C#C.CNC(=O)/C=C\NC=O.COC(C)(C)O.C[C@@H]1O[C@H](C(=O)OC(C)(C)C)C[C@@H]1C. The van der Waals surface area contributed by atoms with Crippen molar-refractivity contribution in [2.24, 2.45) is 5.92 Å². The lowest BCUT2D eigenvalue weighted by Crippen LogP contribution is -2.31. The topological polar surface area (TPSA) is 123 Å². The second kappa shape index (κ2) is 17.3. The fourth-order valence-corrected chi connectivity index (χ4v) is 1.74. The minimum Gasteiger partial charge on any atom is -0.458 e. The van der Waals surface area contributed by atoms with Crippen molar-refractivity contribution in [2.45, 2.75) is 78.5 Å². The van der Waals surface area contributed by atoms with Crippen LogP contribution >= 0.6 is 0 Å². The van der Waals surface area contributed by atoms with E-state index in [2.05, 4.69) is 35.1 Å². The molecule has 9 nitrogen and oxygen atoms in total. The number of methoxy groups -OCH3 is 1. The van der Waals surface area contributed by atoms with Crippen LogP contribution in [-0.4, -0.2) is 61.1 Å². The normalized spacial score (nSPS) is 19.9. The predicted octanol–water partition coefficient (Wildman–Crippen LogP) is 1.74. The van der Waals surface area contributed by atoms with Gasteiger partial charge in [-0.05, 0) is 53.9 Å². The van der Waals surface area contributed by atoms with Crippen LogP contribution in [0.5, 0.6) is 0 Å². The van der Waals surface area contributed by atoms with E-state index in [9.17, 15) is 14.4 Å². The maximum atomic E-state index is 11.6. The minimum atomic E-state index is -0.958. The zero-order chi connectivity index (χ0) is 25.3. The fourth-order valence-electron chi connectivity index (χ4n) is 1.74. The van der Waals surface area contributed by atoms with Crippen LogP contribution in [0.15, 0.2) is 12.3 Å². The Morgan fingerprint density at radius 3 is 1.94 bits per heavy atom. The van der Waals surface area contributed by atoms with E-state index >= 15 is 0 Å². The molecular weight excluding hydrogens is 404 g/mol. The van der Waals surface area contributed by atoms with Gasteiger partial charge >= 0.3 is 5.97 Å². The second-order valence-corrected chi connectivity index (χ2v) is 7.96. The maximum Gasteiger partial charge on any atom is 0.335 e. The van der Waals surface area contributed by atoms with Gasteiger partial charge in [-0.3, -0.25) is 9.59 Å². The van der Waals surface area contributed by atoms with Gasteiger partial charge in [0.05, 0.1) is 6.10 Å². The highest BCUT2D eigenvalue weighted by molar-refractivity contribution is 5.87. The number of amides is 2. The summed E-state index contributed by atoms with van der Waals surface area (Å²) in [4.78, 5) is 31.5. The lowest BCUT2D eigenvalue weighted by Gasteiger charge is -2.21. The van der Waals surface area contributed by atoms with Crippen LogP contribution in [0.3, 0.4) is 0 Å². The molecule has 1 saturated heterocycles. The zero-order valence-electron chi connectivity index (χ0n) is 20.2. The fraction of sp³-hybridized carbons (Fsp3) is 0.682. The van der Waals surface area contributed by atoms with E-state index in [1.54, 1.807) is 13.8 Å². The molecule has 0 spiro atoms. The summed E-state index contributed by atoms with van der Waals surface area (Å²) in [7, 11) is 2.97. The van der Waals surface area contributed by atoms with Gasteiger partial charge in [-0.1, -0.05) is 6.92 Å². The predicted molar refractivity (Wildman–Crippen MR) is 120 cm³/mol. The molecular formula is C22H40N2O7. The Kier molecular flexibility index (Phi) is 18.5. The number of hydrogen-bond acceptors (Lipinski definition) is 7. The van der Waals surface area contributed by atoms with Crippen LogP contribution in [0.25, 0.3) is 0 Å². The Labute approximate surface area is 186 Å². The van der Waals surface area contributed by atoms with Crippen LogP contribution in [0, 0.1) is 18.8 Å². The van der Waals surface area contributed by atoms with Crippen LogP contribution in [0.2, 0.25) is 0 Å². The standard InChI is InChI=1S/C11H20O3.C5H8N2O2.C4H10O2.C2H2/c1-7-6-9(13-8(7)2)10(12)14-11(3,4)5;1-6-5(9)2-3-7-4-8;1-4(2,5)6-3;1-2/h7-9H,6H2,1-5H3;2-4H,1H3,(H,6,9)(H,7,8);5H,1-3H3;1-2H/b;3-2-;;/t7-,8-,9-;;;/m0.../s1. The number of carbonyl (C=O) groups excluding carboxylic acids is 3. The smallest absolute Gasteiger partial charge is 0.335 e. The zero-order valence-corrected chi connectivity index (χ0v) is 20.2. The molecule has 3 atom stereocenters. The highest BCUT2D eigenvalue weighted by Gasteiger charge is 2.36. The molecule has 1 aliphatic heterocycles. The first-order valence-corrected chi connectivity index (χ1v) is 9.74. The number of aliphatic hydroxyl groups is 1. The summed E-state index contributed by atoms with van der Waals surface area (Å²) >= 11 is 0. The van der Waals surface area contributed by atoms with Gasteiger partial charge in [-0.15, -0.1) is 12.8 Å². The van der Waals surface area contributed by atoms with Gasteiger partial charge in [-0.25, -0.2) is 4.79 Å². The van der Waals surface area contributed by atoms with Crippen molar-refractivity contribution < 1.29 is 33.7 Å². The Hall–Kier alpha value is -2.41. The molecule has 0 unspecified atom stereocenters. The summed E-state index contributed by atoms with van der Waals surface area (Å²) in [6.07, 6.45) is 11.5. The van der Waals surface area contributed by atoms with E-state index in [0.717, 1.165) is 6.42 Å². The highest BCUT2D eigenvalue weighted by Crippen LogP contribution is 2.27. The summed E-state index contributed by atoms with van der Waals surface area (Å²) < 4.78 is 15.3. The van der Waals surface area contributed by atoms with Crippen LogP contribution < -0.4 is 10.6 Å². The van der Waals surface area contributed by atoms with E-state index in [-0.39, 0.29) is 24.1 Å². The van der Waals surface area contributed by atoms with E-state index in [4.69, 9.17) is 14.6 Å². The maximum absolute atomic E-state index is 11.6. The number of hydrogen-bond donors (Lipinski definition) is 3. The molecule has 31 heavy (non-hydrogen) atoms. The van der Waals surface area contributed by atoms with E-state index in [1.165, 1.54) is 26.4 Å². The van der Waals surface area contributed by atoms with E-state index in [1.807, 2.05) is 27.7 Å². The quantitative estimate of drug-likeness (QED) is 0.194. The molecule has 0 aromatic carbocycles. The summed E-state index contributed by atoms with van der Waals surface area (Å²) in [6, 6.07) is 0. The Morgan fingerprint density at radius 1 is 1.16 bits per heavy atom. The van der Waals surface area contributed by atoms with Crippen LogP contribution in [0.4, 0.5) is 0 Å². The molecule has 3 N–H and O–H groups in total. The van der Waals surface area contributed by atoms with Gasteiger partial charge in [0.1, 0.15) is 5.60 Å².